The molecule has 1 N–H and O–H groups in total. The summed E-state index contributed by atoms with van der Waals surface area (Å²) in [4.78, 5) is 13.4. The van der Waals surface area contributed by atoms with Crippen molar-refractivity contribution in [2.75, 3.05) is 13.1 Å². The molecule has 21 heavy (non-hydrogen) atoms. The predicted molar refractivity (Wildman–Crippen MR) is 71.9 cm³/mol. The van der Waals surface area contributed by atoms with E-state index >= 15 is 0 Å². The molecule has 0 bridgehead atoms. The number of aliphatic carboxylic acids is 1. The molecule has 0 aromatic heterocycles. The zero-order valence-electron chi connectivity index (χ0n) is 11.8. The number of carboxylic acid groups (broad SMARTS) is 1. The highest BCUT2D eigenvalue weighted by atomic mass is 19.4. The van der Waals surface area contributed by atoms with Crippen LogP contribution in [0, 0.1) is 0 Å². The molecule has 0 saturated carbocycles. The zero-order valence-corrected chi connectivity index (χ0v) is 11.8. The topological polar surface area (TPSA) is 40.5 Å². The van der Waals surface area contributed by atoms with Gasteiger partial charge >= 0.3 is 12.1 Å². The molecule has 2 rings (SSSR count). The van der Waals surface area contributed by atoms with Gasteiger partial charge < -0.3 is 5.11 Å². The summed E-state index contributed by atoms with van der Waals surface area (Å²) < 4.78 is 39.6. The molecule has 1 fully saturated rings. The number of likely N-dealkylation sites (tertiary alicyclic amines) is 1. The molecule has 0 amide bonds. The number of hydrogen-bond donors (Lipinski definition) is 1. The Morgan fingerprint density at radius 1 is 1.10 bits per heavy atom. The number of alkyl halides is 3. The van der Waals surface area contributed by atoms with Crippen molar-refractivity contribution in [1.29, 1.82) is 0 Å². The summed E-state index contributed by atoms with van der Waals surface area (Å²) >= 11 is 0. The minimum absolute atomic E-state index is 0.188. The molecule has 116 valence electrons. The van der Waals surface area contributed by atoms with Crippen LogP contribution in [-0.4, -0.2) is 29.1 Å². The third-order valence-electron chi connectivity index (χ3n) is 4.16. The fourth-order valence-electron chi connectivity index (χ4n) is 2.92. The van der Waals surface area contributed by atoms with Crippen molar-refractivity contribution in [2.45, 2.75) is 37.9 Å². The number of rotatable bonds is 3. The molecule has 1 atom stereocenters. The lowest BCUT2D eigenvalue weighted by molar-refractivity contribution is -0.154. The molecule has 1 aliphatic rings. The number of benzene rings is 1. The Hall–Kier alpha value is -1.56. The maximum atomic E-state index is 13.2. The van der Waals surface area contributed by atoms with Crippen molar-refractivity contribution in [2.24, 2.45) is 0 Å². The summed E-state index contributed by atoms with van der Waals surface area (Å²) in [5, 5.41) is 9.62. The quantitative estimate of drug-likeness (QED) is 0.929. The average molecular weight is 301 g/mol. The van der Waals surface area contributed by atoms with Gasteiger partial charge in [-0.1, -0.05) is 24.6 Å². The van der Waals surface area contributed by atoms with E-state index in [0.717, 1.165) is 25.3 Å². The van der Waals surface area contributed by atoms with Crippen molar-refractivity contribution in [3.05, 3.63) is 35.4 Å². The van der Waals surface area contributed by atoms with E-state index < -0.39 is 23.2 Å². The lowest BCUT2D eigenvalue weighted by Crippen LogP contribution is -2.52. The standard InChI is InChI=1S/C15H18F3NO2/c1-14(13(20)21,19-9-5-2-6-10-19)11-7-3-4-8-12(11)15(16,17)18/h3-4,7-8H,2,5-6,9-10H2,1H3,(H,20,21). The molecular formula is C15H18F3NO2. The van der Waals surface area contributed by atoms with E-state index in [-0.39, 0.29) is 5.56 Å². The molecule has 1 saturated heterocycles. The summed E-state index contributed by atoms with van der Waals surface area (Å²) in [6, 6.07) is 4.95. The van der Waals surface area contributed by atoms with Gasteiger partial charge in [-0.15, -0.1) is 0 Å². The second kappa shape index (κ2) is 5.67. The fourth-order valence-corrected chi connectivity index (χ4v) is 2.92. The van der Waals surface area contributed by atoms with Gasteiger partial charge in [0.2, 0.25) is 0 Å². The number of halogens is 3. The minimum atomic E-state index is -4.57. The first kappa shape index (κ1) is 15.8. The first-order valence-corrected chi connectivity index (χ1v) is 6.93. The SMILES string of the molecule is CC(C(=O)O)(c1ccccc1C(F)(F)F)N1CCCCC1. The molecular weight excluding hydrogens is 283 g/mol. The van der Waals surface area contributed by atoms with Crippen LogP contribution in [0.4, 0.5) is 13.2 Å². The number of piperidine rings is 1. The molecule has 0 aliphatic carbocycles. The maximum absolute atomic E-state index is 13.2. The highest BCUT2D eigenvalue weighted by molar-refractivity contribution is 5.81. The Morgan fingerprint density at radius 2 is 1.62 bits per heavy atom. The van der Waals surface area contributed by atoms with Gasteiger partial charge in [0, 0.05) is 0 Å². The first-order chi connectivity index (χ1) is 9.78. The smallest absolute Gasteiger partial charge is 0.416 e. The van der Waals surface area contributed by atoms with Gasteiger partial charge in [-0.2, -0.15) is 13.2 Å². The molecule has 1 aromatic carbocycles. The third kappa shape index (κ3) is 2.90. The largest absolute Gasteiger partial charge is 0.480 e. The van der Waals surface area contributed by atoms with Crippen LogP contribution in [-0.2, 0) is 16.5 Å². The van der Waals surface area contributed by atoms with Crippen LogP contribution in [0.15, 0.2) is 24.3 Å². The Bertz CT molecular complexity index is 524. The highest BCUT2D eigenvalue weighted by Crippen LogP contribution is 2.40. The number of hydrogen-bond acceptors (Lipinski definition) is 2. The summed E-state index contributed by atoms with van der Waals surface area (Å²) in [5.74, 6) is -1.25. The second-order valence-corrected chi connectivity index (χ2v) is 5.47. The summed E-state index contributed by atoms with van der Waals surface area (Å²) in [6.45, 7) is 2.36. The molecule has 3 nitrogen and oxygen atoms in total. The number of carbonyl (C=O) groups is 1. The average Bonchev–Trinajstić information content (AvgIpc) is 2.46. The van der Waals surface area contributed by atoms with Gasteiger partial charge in [-0.3, -0.25) is 4.90 Å². The lowest BCUT2D eigenvalue weighted by Gasteiger charge is -2.41. The van der Waals surface area contributed by atoms with Crippen molar-refractivity contribution in [1.82, 2.24) is 4.90 Å². The Kier molecular flexibility index (Phi) is 4.27. The van der Waals surface area contributed by atoms with Crippen molar-refractivity contribution in [3.8, 4) is 0 Å². The lowest BCUT2D eigenvalue weighted by atomic mass is 9.85. The fraction of sp³-hybridized carbons (Fsp3) is 0.533. The highest BCUT2D eigenvalue weighted by Gasteiger charge is 2.47. The monoisotopic (exact) mass is 301 g/mol. The van der Waals surface area contributed by atoms with Crippen molar-refractivity contribution >= 4 is 5.97 Å². The summed E-state index contributed by atoms with van der Waals surface area (Å²) in [7, 11) is 0. The molecule has 0 radical (unpaired) electrons. The Morgan fingerprint density at radius 3 is 2.10 bits per heavy atom. The molecule has 1 aliphatic heterocycles. The molecule has 0 spiro atoms. The molecule has 1 unspecified atom stereocenters. The normalized spacial score (nSPS) is 20.0. The van der Waals surface area contributed by atoms with E-state index in [1.807, 2.05) is 0 Å². The van der Waals surface area contributed by atoms with Gasteiger partial charge in [0.15, 0.2) is 0 Å². The van der Waals surface area contributed by atoms with Gasteiger partial charge in [0.05, 0.1) is 5.56 Å². The maximum Gasteiger partial charge on any atom is 0.416 e. The third-order valence-corrected chi connectivity index (χ3v) is 4.16. The van der Waals surface area contributed by atoms with Crippen LogP contribution in [0.1, 0.15) is 37.3 Å². The van der Waals surface area contributed by atoms with Crippen LogP contribution in [0.5, 0.6) is 0 Å². The van der Waals surface area contributed by atoms with Crippen molar-refractivity contribution < 1.29 is 23.1 Å². The molecule has 1 heterocycles. The number of nitrogens with zero attached hydrogens (tertiary/aromatic N) is 1. The van der Waals surface area contributed by atoms with E-state index in [1.54, 1.807) is 4.90 Å². The van der Waals surface area contributed by atoms with Crippen LogP contribution in [0.25, 0.3) is 0 Å². The van der Waals surface area contributed by atoms with Gasteiger partial charge in [0.25, 0.3) is 0 Å². The van der Waals surface area contributed by atoms with E-state index in [0.29, 0.717) is 13.1 Å². The summed E-state index contributed by atoms with van der Waals surface area (Å²) in [5.41, 5.74) is -2.72. The van der Waals surface area contributed by atoms with Gasteiger partial charge in [-0.05, 0) is 44.5 Å². The zero-order chi connectivity index (χ0) is 15.7. The minimum Gasteiger partial charge on any atom is -0.480 e. The van der Waals surface area contributed by atoms with Crippen LogP contribution in [0.2, 0.25) is 0 Å². The summed E-state index contributed by atoms with van der Waals surface area (Å²) in [6.07, 6.45) is -1.98. The van der Waals surface area contributed by atoms with Crippen LogP contribution < -0.4 is 0 Å². The van der Waals surface area contributed by atoms with E-state index in [9.17, 15) is 23.1 Å². The first-order valence-electron chi connectivity index (χ1n) is 6.93. The predicted octanol–water partition coefficient (Wildman–Crippen LogP) is 3.49. The van der Waals surface area contributed by atoms with Crippen molar-refractivity contribution in [3.63, 3.8) is 0 Å². The number of carboxylic acids is 1. The van der Waals surface area contributed by atoms with Gasteiger partial charge in [-0.25, -0.2) is 4.79 Å². The van der Waals surface area contributed by atoms with Crippen LogP contribution in [0.3, 0.4) is 0 Å². The Balaban J connectivity index is 2.55. The van der Waals surface area contributed by atoms with E-state index in [2.05, 4.69) is 0 Å². The molecule has 1 aromatic rings. The Labute approximate surface area is 121 Å². The molecule has 6 heteroatoms. The second-order valence-electron chi connectivity index (χ2n) is 5.47. The van der Waals surface area contributed by atoms with Crippen LogP contribution >= 0.6 is 0 Å². The van der Waals surface area contributed by atoms with E-state index in [4.69, 9.17) is 0 Å². The van der Waals surface area contributed by atoms with Gasteiger partial charge in [0.1, 0.15) is 5.54 Å². The van der Waals surface area contributed by atoms with E-state index in [1.165, 1.54) is 25.1 Å².